The molecule has 52 heavy (non-hydrogen) atoms. The molecular formula is C45H45N4O3+. The van der Waals surface area contributed by atoms with Gasteiger partial charge in [0.1, 0.15) is 12.6 Å². The summed E-state index contributed by atoms with van der Waals surface area (Å²) in [6.07, 6.45) is 9.93. The van der Waals surface area contributed by atoms with Gasteiger partial charge in [0.15, 0.2) is 5.71 Å². The Kier molecular flexibility index (Phi) is 7.51. The Hall–Kier alpha value is -5.69. The van der Waals surface area contributed by atoms with Crippen molar-refractivity contribution in [3.8, 4) is 5.88 Å². The number of fused-ring (bicyclic) bond motifs is 4. The van der Waals surface area contributed by atoms with Gasteiger partial charge in [-0.2, -0.15) is 4.58 Å². The van der Waals surface area contributed by atoms with Crippen LogP contribution in [0.3, 0.4) is 0 Å². The molecule has 5 aromatic rings. The quantitative estimate of drug-likeness (QED) is 0.194. The van der Waals surface area contributed by atoms with E-state index in [-0.39, 0.29) is 22.3 Å². The van der Waals surface area contributed by atoms with Gasteiger partial charge in [0, 0.05) is 55.6 Å². The van der Waals surface area contributed by atoms with Gasteiger partial charge in [0.05, 0.1) is 5.41 Å². The molecule has 0 spiro atoms. The van der Waals surface area contributed by atoms with Crippen LogP contribution in [-0.4, -0.2) is 38.6 Å². The van der Waals surface area contributed by atoms with Gasteiger partial charge in [-0.1, -0.05) is 74.5 Å². The number of hydrogen-bond acceptors (Lipinski definition) is 4. The first-order chi connectivity index (χ1) is 24.7. The lowest BCUT2D eigenvalue weighted by Crippen LogP contribution is -2.38. The second-order valence-electron chi connectivity index (χ2n) is 15.6. The van der Waals surface area contributed by atoms with Gasteiger partial charge in [0.25, 0.3) is 5.56 Å². The highest BCUT2D eigenvalue weighted by Gasteiger charge is 2.43. The van der Waals surface area contributed by atoms with Crippen LogP contribution < -0.4 is 16.1 Å². The zero-order chi connectivity index (χ0) is 36.9. The molecule has 3 heterocycles. The standard InChI is InChI=1S/C45H44N4O3/c1-44(2)33-23-29-13-9-11-15-31(29)25-35(33)46(5)37(44)21-19-27-17-18-28(39(27)40-41(50)48(7)43(52)49(8)42(40)51)20-22-38-45(3,4)34-24-30-14-10-12-16-32(30)26-36(34)47(38)6/h9-16,19-26H,17-18H2,1-8H3/p+1/b27-19+,37-21+. The number of aromatic nitrogens is 2. The van der Waals surface area contributed by atoms with Gasteiger partial charge in [-0.05, 0) is 94.8 Å². The first-order valence-electron chi connectivity index (χ1n) is 18.0. The van der Waals surface area contributed by atoms with Gasteiger partial charge in [0.2, 0.25) is 11.6 Å². The fraction of sp³-hybridized carbons (Fsp3) is 0.267. The van der Waals surface area contributed by atoms with Crippen LogP contribution >= 0.6 is 0 Å². The highest BCUT2D eigenvalue weighted by atomic mass is 16.3. The van der Waals surface area contributed by atoms with Gasteiger partial charge in [-0.15, -0.1) is 0 Å². The summed E-state index contributed by atoms with van der Waals surface area (Å²) in [6, 6.07) is 26.0. The highest BCUT2D eigenvalue weighted by molar-refractivity contribution is 6.05. The Bertz CT molecular complexity index is 2680. The van der Waals surface area contributed by atoms with E-state index in [1.54, 1.807) is 0 Å². The van der Waals surface area contributed by atoms with Crippen molar-refractivity contribution in [2.45, 2.75) is 51.4 Å². The van der Waals surface area contributed by atoms with E-state index >= 15 is 0 Å². The van der Waals surface area contributed by atoms with Crippen molar-refractivity contribution in [1.29, 1.82) is 0 Å². The molecule has 7 heteroatoms. The maximum atomic E-state index is 13.9. The first-order valence-corrected chi connectivity index (χ1v) is 18.0. The van der Waals surface area contributed by atoms with E-state index in [0.717, 1.165) is 31.7 Å². The number of benzene rings is 4. The number of anilines is 1. The summed E-state index contributed by atoms with van der Waals surface area (Å²) in [5, 5.41) is 16.3. The van der Waals surface area contributed by atoms with Crippen LogP contribution in [0.25, 0.3) is 27.1 Å². The predicted molar refractivity (Wildman–Crippen MR) is 213 cm³/mol. The normalized spacial score (nSPS) is 19.3. The second kappa shape index (κ2) is 11.7. The van der Waals surface area contributed by atoms with E-state index in [9.17, 15) is 14.7 Å². The fourth-order valence-electron chi connectivity index (χ4n) is 8.82. The lowest BCUT2D eigenvalue weighted by Gasteiger charge is -2.24. The van der Waals surface area contributed by atoms with Crippen molar-refractivity contribution in [3.63, 3.8) is 0 Å². The third-order valence-electron chi connectivity index (χ3n) is 11.9. The fourth-order valence-corrected chi connectivity index (χ4v) is 8.82. The molecule has 0 unspecified atom stereocenters. The molecule has 0 fully saturated rings. The maximum Gasteiger partial charge on any atom is 0.333 e. The summed E-state index contributed by atoms with van der Waals surface area (Å²) in [5.41, 5.74) is 8.30. The molecule has 7 nitrogen and oxygen atoms in total. The number of likely N-dealkylation sites (N-methyl/N-ethyl adjacent to an activating group) is 1. The van der Waals surface area contributed by atoms with E-state index < -0.39 is 11.2 Å². The van der Waals surface area contributed by atoms with Gasteiger partial charge < -0.3 is 10.0 Å². The summed E-state index contributed by atoms with van der Waals surface area (Å²) >= 11 is 0. The first kappa shape index (κ1) is 33.5. The average molecular weight is 690 g/mol. The van der Waals surface area contributed by atoms with E-state index in [1.807, 2.05) is 0 Å². The maximum absolute atomic E-state index is 13.9. The summed E-state index contributed by atoms with van der Waals surface area (Å²) in [7, 11) is 7.19. The Balaban J connectivity index is 1.27. The predicted octanol–water partition coefficient (Wildman–Crippen LogP) is 8.14. The smallest absolute Gasteiger partial charge is 0.333 e. The number of hydrogen-bond donors (Lipinski definition) is 1. The largest absolute Gasteiger partial charge is 0.494 e. The summed E-state index contributed by atoms with van der Waals surface area (Å²) in [4.78, 5) is 29.0. The molecule has 1 N–H and O–H groups in total. The summed E-state index contributed by atoms with van der Waals surface area (Å²) in [5.74, 6) is -0.322. The molecule has 8 rings (SSSR count). The van der Waals surface area contributed by atoms with Crippen LogP contribution in [-0.2, 0) is 24.9 Å². The lowest BCUT2D eigenvalue weighted by molar-refractivity contribution is -0.401. The van der Waals surface area contributed by atoms with Crippen molar-refractivity contribution in [2.24, 2.45) is 14.1 Å². The van der Waals surface area contributed by atoms with Crippen LogP contribution in [0.1, 0.15) is 57.2 Å². The summed E-state index contributed by atoms with van der Waals surface area (Å²) < 4.78 is 4.49. The monoisotopic (exact) mass is 689 g/mol. The molecule has 2 aliphatic heterocycles. The lowest BCUT2D eigenvalue weighted by atomic mass is 9.80. The number of rotatable bonds is 4. The minimum absolute atomic E-state index is 0.151. The van der Waals surface area contributed by atoms with Gasteiger partial charge in [-0.3, -0.25) is 13.9 Å². The van der Waals surface area contributed by atoms with Crippen molar-refractivity contribution < 1.29 is 9.68 Å². The van der Waals surface area contributed by atoms with Crippen LogP contribution in [0.2, 0.25) is 0 Å². The van der Waals surface area contributed by atoms with Crippen molar-refractivity contribution in [2.75, 3.05) is 19.0 Å². The van der Waals surface area contributed by atoms with E-state index in [2.05, 4.69) is 148 Å². The molecule has 0 saturated heterocycles. The zero-order valence-electron chi connectivity index (χ0n) is 31.2. The Morgan fingerprint density at radius 2 is 1.33 bits per heavy atom. The number of aromatic hydroxyl groups is 1. The zero-order valence-corrected chi connectivity index (χ0v) is 31.2. The molecule has 262 valence electrons. The van der Waals surface area contributed by atoms with Crippen LogP contribution in [0.5, 0.6) is 5.88 Å². The van der Waals surface area contributed by atoms with Gasteiger partial charge >= 0.3 is 5.69 Å². The van der Waals surface area contributed by atoms with Crippen LogP contribution in [0, 0.1) is 0 Å². The average Bonchev–Trinajstić information content (AvgIpc) is 3.67. The number of allylic oxidation sites excluding steroid dienone is 8. The van der Waals surface area contributed by atoms with E-state index in [4.69, 9.17) is 0 Å². The Morgan fingerprint density at radius 3 is 1.98 bits per heavy atom. The molecule has 0 bridgehead atoms. The van der Waals surface area contributed by atoms with Crippen LogP contribution in [0.15, 0.2) is 124 Å². The third-order valence-corrected chi connectivity index (χ3v) is 11.9. The molecule has 0 radical (unpaired) electrons. The van der Waals surface area contributed by atoms with Crippen LogP contribution in [0.4, 0.5) is 11.4 Å². The van der Waals surface area contributed by atoms with E-state index in [1.165, 1.54) is 58.1 Å². The van der Waals surface area contributed by atoms with E-state index in [0.29, 0.717) is 18.4 Å². The van der Waals surface area contributed by atoms with Crippen molar-refractivity contribution in [3.05, 3.63) is 151 Å². The topological polar surface area (TPSA) is 70.5 Å². The Labute approximate surface area is 304 Å². The second-order valence-corrected chi connectivity index (χ2v) is 15.6. The minimum atomic E-state index is -0.566. The summed E-state index contributed by atoms with van der Waals surface area (Å²) in [6.45, 7) is 9.00. The van der Waals surface area contributed by atoms with Crippen molar-refractivity contribution in [1.82, 2.24) is 9.13 Å². The molecule has 0 amide bonds. The highest BCUT2D eigenvalue weighted by Crippen LogP contribution is 2.49. The molecule has 3 aliphatic rings. The molecule has 4 aromatic carbocycles. The third kappa shape index (κ3) is 4.82. The minimum Gasteiger partial charge on any atom is -0.494 e. The molecular weight excluding hydrogens is 645 g/mol. The Morgan fingerprint density at radius 1 is 0.731 bits per heavy atom. The van der Waals surface area contributed by atoms with Crippen molar-refractivity contribution >= 4 is 44.2 Å². The molecule has 0 saturated carbocycles. The SMILES string of the molecule is CN1/C(=C/C=C2\CCC(/C=C/C3=[N+](C)c4cc5ccccc5cc4C3(C)C)=C2c2c(O)n(C)c(=O)n(C)c2=O)C(C)(C)c2cc3ccccc3cc21. The molecule has 0 atom stereocenters. The van der Waals surface area contributed by atoms with Gasteiger partial charge in [-0.25, -0.2) is 4.79 Å². The molecule has 1 aliphatic carbocycles. The molecule has 1 aromatic heterocycles. The number of nitrogens with zero attached hydrogens (tertiary/aromatic N) is 4.